The first-order valence-electron chi connectivity index (χ1n) is 5.44. The molecule has 16 heavy (non-hydrogen) atoms. The van der Waals surface area contributed by atoms with Gasteiger partial charge in [0.25, 0.3) is 0 Å². The van der Waals surface area contributed by atoms with Gasteiger partial charge in [-0.15, -0.1) is 11.3 Å². The molecule has 4 heteroatoms. The van der Waals surface area contributed by atoms with Crippen LogP contribution >= 0.6 is 11.3 Å². The standard InChI is InChI=1S/C12H15N3S/c1-2-5-14-11(12-15-7-8-16-12)10-4-3-6-13-9-10/h3-4,6-9,11,14H,2,5H2,1H3. The summed E-state index contributed by atoms with van der Waals surface area (Å²) in [5, 5.41) is 6.60. The van der Waals surface area contributed by atoms with Gasteiger partial charge in [-0.25, -0.2) is 4.98 Å². The van der Waals surface area contributed by atoms with Crippen LogP contribution in [-0.4, -0.2) is 16.5 Å². The third-order valence-electron chi connectivity index (χ3n) is 2.31. The maximum Gasteiger partial charge on any atom is 0.114 e. The topological polar surface area (TPSA) is 37.8 Å². The highest BCUT2D eigenvalue weighted by Gasteiger charge is 2.15. The lowest BCUT2D eigenvalue weighted by atomic mass is 10.1. The largest absolute Gasteiger partial charge is 0.304 e. The van der Waals surface area contributed by atoms with E-state index in [-0.39, 0.29) is 6.04 Å². The van der Waals surface area contributed by atoms with Gasteiger partial charge in [0.2, 0.25) is 0 Å². The van der Waals surface area contributed by atoms with E-state index in [4.69, 9.17) is 0 Å². The Kier molecular flexibility index (Phi) is 4.02. The molecule has 2 rings (SSSR count). The van der Waals surface area contributed by atoms with Gasteiger partial charge in [0.05, 0.1) is 6.04 Å². The number of nitrogens with zero attached hydrogens (tertiary/aromatic N) is 2. The predicted octanol–water partition coefficient (Wildman–Crippen LogP) is 2.63. The minimum atomic E-state index is 0.175. The Bertz CT molecular complexity index is 399. The van der Waals surface area contributed by atoms with Crippen LogP contribution in [0.25, 0.3) is 0 Å². The Morgan fingerprint density at radius 1 is 1.44 bits per heavy atom. The molecule has 1 atom stereocenters. The number of nitrogens with one attached hydrogen (secondary N) is 1. The molecule has 0 aliphatic rings. The molecule has 0 fully saturated rings. The smallest absolute Gasteiger partial charge is 0.114 e. The Morgan fingerprint density at radius 3 is 3.00 bits per heavy atom. The van der Waals surface area contributed by atoms with Crippen molar-refractivity contribution < 1.29 is 0 Å². The normalized spacial score (nSPS) is 12.6. The maximum absolute atomic E-state index is 4.37. The molecular weight excluding hydrogens is 218 g/mol. The fourth-order valence-corrected chi connectivity index (χ4v) is 2.30. The van der Waals surface area contributed by atoms with Crippen LogP contribution in [-0.2, 0) is 0 Å². The minimum Gasteiger partial charge on any atom is -0.304 e. The molecule has 0 bridgehead atoms. The van der Waals surface area contributed by atoms with Crippen molar-refractivity contribution in [1.82, 2.24) is 15.3 Å². The van der Waals surface area contributed by atoms with Crippen LogP contribution in [0.1, 0.15) is 30.0 Å². The van der Waals surface area contributed by atoms with E-state index in [1.54, 1.807) is 17.5 Å². The Hall–Kier alpha value is -1.26. The fraction of sp³-hybridized carbons (Fsp3) is 0.333. The fourth-order valence-electron chi connectivity index (χ4n) is 1.56. The van der Waals surface area contributed by atoms with Gasteiger partial charge in [0.1, 0.15) is 5.01 Å². The summed E-state index contributed by atoms with van der Waals surface area (Å²) in [4.78, 5) is 8.53. The molecule has 0 aromatic carbocycles. The van der Waals surface area contributed by atoms with E-state index in [9.17, 15) is 0 Å². The summed E-state index contributed by atoms with van der Waals surface area (Å²) in [6.45, 7) is 3.15. The number of aromatic nitrogens is 2. The summed E-state index contributed by atoms with van der Waals surface area (Å²) in [5.74, 6) is 0. The monoisotopic (exact) mass is 233 g/mol. The van der Waals surface area contributed by atoms with E-state index in [0.717, 1.165) is 18.0 Å². The van der Waals surface area contributed by atoms with Gasteiger partial charge in [-0.05, 0) is 24.6 Å². The SMILES string of the molecule is CCCNC(c1cccnc1)c1nccs1. The third-order valence-corrected chi connectivity index (χ3v) is 3.15. The number of pyridine rings is 1. The van der Waals surface area contributed by atoms with Crippen LogP contribution in [0.2, 0.25) is 0 Å². The van der Waals surface area contributed by atoms with Crippen LogP contribution in [0.15, 0.2) is 36.1 Å². The van der Waals surface area contributed by atoms with Crippen molar-refractivity contribution in [3.8, 4) is 0 Å². The molecule has 3 nitrogen and oxygen atoms in total. The summed E-state index contributed by atoms with van der Waals surface area (Å²) < 4.78 is 0. The second-order valence-electron chi connectivity index (χ2n) is 3.54. The second kappa shape index (κ2) is 5.72. The van der Waals surface area contributed by atoms with Crippen LogP contribution in [0.4, 0.5) is 0 Å². The zero-order valence-corrected chi connectivity index (χ0v) is 10.1. The van der Waals surface area contributed by atoms with Crippen LogP contribution < -0.4 is 5.32 Å². The van der Waals surface area contributed by atoms with Gasteiger partial charge in [0.15, 0.2) is 0 Å². The molecule has 0 aliphatic heterocycles. The zero-order valence-electron chi connectivity index (χ0n) is 9.26. The van der Waals surface area contributed by atoms with Crippen LogP contribution in [0, 0.1) is 0 Å². The lowest BCUT2D eigenvalue weighted by Gasteiger charge is -2.15. The van der Waals surface area contributed by atoms with Crippen molar-refractivity contribution in [2.45, 2.75) is 19.4 Å². The number of hydrogen-bond acceptors (Lipinski definition) is 4. The Balaban J connectivity index is 2.21. The first-order valence-corrected chi connectivity index (χ1v) is 6.32. The van der Waals surface area contributed by atoms with Crippen LogP contribution in [0.5, 0.6) is 0 Å². The maximum atomic E-state index is 4.37. The number of rotatable bonds is 5. The van der Waals surface area contributed by atoms with Crippen molar-refractivity contribution in [1.29, 1.82) is 0 Å². The van der Waals surface area contributed by atoms with Crippen molar-refractivity contribution in [2.75, 3.05) is 6.54 Å². The zero-order chi connectivity index (χ0) is 11.2. The molecule has 0 spiro atoms. The molecule has 1 unspecified atom stereocenters. The molecule has 0 radical (unpaired) electrons. The molecule has 0 saturated heterocycles. The molecule has 2 aromatic rings. The van der Waals surface area contributed by atoms with E-state index < -0.39 is 0 Å². The highest BCUT2D eigenvalue weighted by molar-refractivity contribution is 7.09. The molecule has 2 aromatic heterocycles. The van der Waals surface area contributed by atoms with Gasteiger partial charge >= 0.3 is 0 Å². The van der Waals surface area contributed by atoms with Gasteiger partial charge in [-0.1, -0.05) is 13.0 Å². The van der Waals surface area contributed by atoms with Gasteiger partial charge in [-0.2, -0.15) is 0 Å². The average molecular weight is 233 g/mol. The van der Waals surface area contributed by atoms with Gasteiger partial charge in [-0.3, -0.25) is 4.98 Å². The quantitative estimate of drug-likeness (QED) is 0.862. The van der Waals surface area contributed by atoms with Gasteiger partial charge in [0, 0.05) is 24.0 Å². The highest BCUT2D eigenvalue weighted by Crippen LogP contribution is 2.22. The second-order valence-corrected chi connectivity index (χ2v) is 4.47. The molecular formula is C12H15N3S. The summed E-state index contributed by atoms with van der Waals surface area (Å²) in [7, 11) is 0. The van der Waals surface area contributed by atoms with Crippen molar-refractivity contribution in [3.05, 3.63) is 46.7 Å². The molecule has 0 saturated carbocycles. The van der Waals surface area contributed by atoms with Crippen molar-refractivity contribution in [2.24, 2.45) is 0 Å². The first kappa shape index (κ1) is 11.2. The van der Waals surface area contributed by atoms with E-state index in [0.29, 0.717) is 0 Å². The summed E-state index contributed by atoms with van der Waals surface area (Å²) in [5.41, 5.74) is 1.17. The number of hydrogen-bond donors (Lipinski definition) is 1. The molecule has 84 valence electrons. The van der Waals surface area contributed by atoms with E-state index >= 15 is 0 Å². The Morgan fingerprint density at radius 2 is 2.38 bits per heavy atom. The van der Waals surface area contributed by atoms with Crippen molar-refractivity contribution in [3.63, 3.8) is 0 Å². The Labute approximate surface area is 99.6 Å². The molecule has 0 aliphatic carbocycles. The van der Waals surface area contributed by atoms with Crippen LogP contribution in [0.3, 0.4) is 0 Å². The third kappa shape index (κ3) is 2.65. The number of thiazole rings is 1. The summed E-state index contributed by atoms with van der Waals surface area (Å²) in [6.07, 6.45) is 6.65. The van der Waals surface area contributed by atoms with Gasteiger partial charge < -0.3 is 5.32 Å². The minimum absolute atomic E-state index is 0.175. The first-order chi connectivity index (χ1) is 7.92. The van der Waals surface area contributed by atoms with E-state index in [1.165, 1.54) is 5.56 Å². The lowest BCUT2D eigenvalue weighted by Crippen LogP contribution is -2.23. The molecule has 1 N–H and O–H groups in total. The van der Waals surface area contributed by atoms with Crippen molar-refractivity contribution >= 4 is 11.3 Å². The molecule has 0 amide bonds. The predicted molar refractivity (Wildman–Crippen MR) is 66.5 cm³/mol. The van der Waals surface area contributed by atoms with E-state index in [2.05, 4.69) is 28.3 Å². The van der Waals surface area contributed by atoms with E-state index in [1.807, 2.05) is 23.8 Å². The lowest BCUT2D eigenvalue weighted by molar-refractivity contribution is 0.594. The average Bonchev–Trinajstić information content (AvgIpc) is 2.85. The summed E-state index contributed by atoms with van der Waals surface area (Å²) in [6, 6.07) is 4.22. The summed E-state index contributed by atoms with van der Waals surface area (Å²) >= 11 is 1.67. The highest BCUT2D eigenvalue weighted by atomic mass is 32.1. The molecule has 2 heterocycles.